The number of hydrogen-bond donors (Lipinski definition) is 4. The quantitative estimate of drug-likeness (QED) is 0.0665. The maximum Gasteiger partial charge on any atom is 0.408 e. The van der Waals surface area contributed by atoms with Crippen LogP contribution >= 0.6 is 0 Å². The van der Waals surface area contributed by atoms with E-state index < -0.39 is 47.4 Å². The Morgan fingerprint density at radius 2 is 1.12 bits per heavy atom. The molecule has 3 aromatic rings. The molecule has 12 heteroatoms. The molecule has 272 valence electrons. The Bertz CT molecular complexity index is 1640. The van der Waals surface area contributed by atoms with Crippen LogP contribution in [0.1, 0.15) is 45.7 Å². The third-order valence-electron chi connectivity index (χ3n) is 7.62. The number of carbonyl (C=O) groups excluding carboxylic acids is 4. The average molecular weight is 701 g/mol. The first-order valence-electron chi connectivity index (χ1n) is 16.5. The summed E-state index contributed by atoms with van der Waals surface area (Å²) in [5.41, 5.74) is 1.48. The molecule has 0 bridgehead atoms. The molecular formula is C39H48N4O8. The van der Waals surface area contributed by atoms with Crippen LogP contribution in [0.4, 0.5) is 21.0 Å². The van der Waals surface area contributed by atoms with Crippen molar-refractivity contribution in [2.24, 2.45) is 0 Å². The molecule has 12 nitrogen and oxygen atoms in total. The van der Waals surface area contributed by atoms with Crippen LogP contribution in [0.15, 0.2) is 110 Å². The summed E-state index contributed by atoms with van der Waals surface area (Å²) in [6.45, 7) is 15.8. The van der Waals surface area contributed by atoms with Gasteiger partial charge in [0.15, 0.2) is 12.2 Å². The topological polar surface area (TPSA) is 153 Å². The molecule has 0 radical (unpaired) electrons. The predicted molar refractivity (Wildman–Crippen MR) is 196 cm³/mol. The molecule has 0 saturated heterocycles. The fourth-order valence-corrected chi connectivity index (χ4v) is 4.68. The highest BCUT2D eigenvalue weighted by molar-refractivity contribution is 5.87. The summed E-state index contributed by atoms with van der Waals surface area (Å²) in [5.74, 6) is -1.22. The number of rotatable bonds is 18. The smallest absolute Gasteiger partial charge is 0.408 e. The van der Waals surface area contributed by atoms with Crippen molar-refractivity contribution in [3.63, 3.8) is 0 Å². The van der Waals surface area contributed by atoms with E-state index in [4.69, 9.17) is 18.9 Å². The van der Waals surface area contributed by atoms with Gasteiger partial charge in [-0.05, 0) is 70.0 Å². The lowest BCUT2D eigenvalue weighted by Crippen LogP contribution is -2.45. The first-order chi connectivity index (χ1) is 24.2. The summed E-state index contributed by atoms with van der Waals surface area (Å²) in [6.07, 6.45) is -2.01. The number of ether oxygens (including phenoxy) is 4. The summed E-state index contributed by atoms with van der Waals surface area (Å²) >= 11 is 0. The first kappa shape index (κ1) is 39.7. The highest BCUT2D eigenvalue weighted by Gasteiger charge is 2.30. The second-order valence-corrected chi connectivity index (χ2v) is 12.8. The molecule has 2 unspecified atom stereocenters. The van der Waals surface area contributed by atoms with E-state index in [9.17, 15) is 19.2 Å². The van der Waals surface area contributed by atoms with Crippen LogP contribution in [0.5, 0.6) is 0 Å². The second kappa shape index (κ2) is 18.8. The monoisotopic (exact) mass is 700 g/mol. The minimum absolute atomic E-state index is 0.176. The molecule has 0 fully saturated rings. The number of para-hydroxylation sites is 2. The van der Waals surface area contributed by atoms with Gasteiger partial charge in [-0.15, -0.1) is 0 Å². The number of amides is 2. The van der Waals surface area contributed by atoms with Gasteiger partial charge in [-0.1, -0.05) is 73.8 Å². The maximum atomic E-state index is 13.2. The van der Waals surface area contributed by atoms with Gasteiger partial charge in [0.25, 0.3) is 0 Å². The Kier molecular flexibility index (Phi) is 14.6. The summed E-state index contributed by atoms with van der Waals surface area (Å²) in [7, 11) is 0. The molecule has 0 saturated carbocycles. The maximum absolute atomic E-state index is 13.2. The zero-order chi connectivity index (χ0) is 37.4. The zero-order valence-corrected chi connectivity index (χ0v) is 29.8. The lowest BCUT2D eigenvalue weighted by molar-refractivity contribution is -0.142. The van der Waals surface area contributed by atoms with Gasteiger partial charge in [-0.3, -0.25) is 0 Å². The SMILES string of the molecule is C=CC(=O)OCC(CNc1ccccc1)OC(=O)NC(C)(C)c1cccc(C(C)(C)NC(=O)OC(CNc2ccccc2)COC(=O)C(=C)C)c1. The minimum atomic E-state index is -0.918. The summed E-state index contributed by atoms with van der Waals surface area (Å²) in [5, 5.41) is 12.1. The highest BCUT2D eigenvalue weighted by atomic mass is 16.6. The van der Waals surface area contributed by atoms with Crippen LogP contribution in [-0.4, -0.2) is 62.6 Å². The van der Waals surface area contributed by atoms with Crippen LogP contribution in [0.25, 0.3) is 0 Å². The van der Waals surface area contributed by atoms with Crippen molar-refractivity contribution in [2.45, 2.75) is 57.9 Å². The minimum Gasteiger partial charge on any atom is -0.459 e. The summed E-state index contributed by atoms with van der Waals surface area (Å²) < 4.78 is 21.8. The van der Waals surface area contributed by atoms with E-state index in [1.165, 1.54) is 6.92 Å². The first-order valence-corrected chi connectivity index (χ1v) is 16.5. The number of carbonyl (C=O) groups is 4. The van der Waals surface area contributed by atoms with Gasteiger partial charge in [0, 0.05) is 23.0 Å². The molecule has 0 heterocycles. The molecule has 2 amide bonds. The van der Waals surface area contributed by atoms with Crippen molar-refractivity contribution in [3.8, 4) is 0 Å². The van der Waals surface area contributed by atoms with Gasteiger partial charge in [0.2, 0.25) is 0 Å². The summed E-state index contributed by atoms with van der Waals surface area (Å²) in [4.78, 5) is 50.1. The lowest BCUT2D eigenvalue weighted by atomic mass is 9.87. The molecule has 0 aromatic heterocycles. The van der Waals surface area contributed by atoms with Crippen molar-refractivity contribution in [1.29, 1.82) is 0 Å². The molecule has 51 heavy (non-hydrogen) atoms. The molecule has 3 rings (SSSR count). The molecule has 4 N–H and O–H groups in total. The number of benzene rings is 3. The van der Waals surface area contributed by atoms with Crippen molar-refractivity contribution < 1.29 is 38.1 Å². The summed E-state index contributed by atoms with van der Waals surface area (Å²) in [6, 6.07) is 26.1. The molecular weight excluding hydrogens is 652 g/mol. The van der Waals surface area contributed by atoms with Crippen molar-refractivity contribution in [1.82, 2.24) is 10.6 Å². The van der Waals surface area contributed by atoms with Crippen LogP contribution in [-0.2, 0) is 39.6 Å². The predicted octanol–water partition coefficient (Wildman–Crippen LogP) is 6.42. The third kappa shape index (κ3) is 13.6. The van der Waals surface area contributed by atoms with Gasteiger partial charge < -0.3 is 40.2 Å². The Hall–Kier alpha value is -5.78. The molecule has 2 atom stereocenters. The van der Waals surface area contributed by atoms with Crippen molar-refractivity contribution >= 4 is 35.5 Å². The van der Waals surface area contributed by atoms with E-state index in [2.05, 4.69) is 34.4 Å². The largest absolute Gasteiger partial charge is 0.459 e. The van der Waals surface area contributed by atoms with E-state index in [0.717, 1.165) is 28.6 Å². The van der Waals surface area contributed by atoms with Crippen LogP contribution < -0.4 is 21.3 Å². The van der Waals surface area contributed by atoms with E-state index in [1.54, 1.807) is 0 Å². The van der Waals surface area contributed by atoms with E-state index in [1.807, 2.05) is 113 Å². The molecule has 0 aliphatic heterocycles. The zero-order valence-electron chi connectivity index (χ0n) is 29.8. The van der Waals surface area contributed by atoms with Gasteiger partial charge >= 0.3 is 24.1 Å². The van der Waals surface area contributed by atoms with Crippen molar-refractivity contribution in [2.75, 3.05) is 36.9 Å². The number of nitrogens with one attached hydrogen (secondary N) is 4. The van der Waals surface area contributed by atoms with E-state index in [-0.39, 0.29) is 31.9 Å². The molecule has 0 aliphatic carbocycles. The standard InChI is InChI=1S/C39H48N4O8/c1-8-34(44)48-25-32(23-40-30-18-11-9-12-19-30)50-36(46)42-38(4,5)28-16-15-17-29(22-28)39(6,7)43-37(47)51-33(26-49-35(45)27(2)3)24-41-31-20-13-10-14-21-31/h8-22,32-33,40-41H,1-2,23-26H2,3-7H3,(H,42,46)(H,43,47). The molecule has 0 spiro atoms. The Balaban J connectivity index is 1.66. The van der Waals surface area contributed by atoms with Gasteiger partial charge in [0.05, 0.1) is 24.2 Å². The lowest BCUT2D eigenvalue weighted by Gasteiger charge is -2.31. The van der Waals surface area contributed by atoms with E-state index >= 15 is 0 Å². The molecule has 3 aromatic carbocycles. The van der Waals surface area contributed by atoms with Crippen LogP contribution in [0, 0.1) is 0 Å². The van der Waals surface area contributed by atoms with Gasteiger partial charge in [-0.25, -0.2) is 19.2 Å². The van der Waals surface area contributed by atoms with Crippen LogP contribution in [0.3, 0.4) is 0 Å². The Labute approximate surface area is 299 Å². The van der Waals surface area contributed by atoms with Crippen LogP contribution in [0.2, 0.25) is 0 Å². The van der Waals surface area contributed by atoms with Gasteiger partial charge in [0.1, 0.15) is 13.2 Å². The number of hydrogen-bond acceptors (Lipinski definition) is 10. The fourth-order valence-electron chi connectivity index (χ4n) is 4.68. The normalized spacial score (nSPS) is 12.3. The van der Waals surface area contributed by atoms with Crippen molar-refractivity contribution in [3.05, 3.63) is 121 Å². The van der Waals surface area contributed by atoms with E-state index in [0.29, 0.717) is 0 Å². The Morgan fingerprint density at radius 1 is 0.686 bits per heavy atom. The highest BCUT2D eigenvalue weighted by Crippen LogP contribution is 2.27. The van der Waals surface area contributed by atoms with Gasteiger partial charge in [-0.2, -0.15) is 0 Å². The number of alkyl carbamates (subject to hydrolysis) is 2. The Morgan fingerprint density at radius 3 is 1.53 bits per heavy atom. The second-order valence-electron chi connectivity index (χ2n) is 12.8. The fraction of sp³-hybridized carbons (Fsp3) is 0.333. The number of esters is 2. The third-order valence-corrected chi connectivity index (χ3v) is 7.62. The number of anilines is 2. The molecule has 0 aliphatic rings. The average Bonchev–Trinajstić information content (AvgIpc) is 3.10.